The van der Waals surface area contributed by atoms with Crippen molar-refractivity contribution >= 4 is 26.6 Å². The third-order valence-electron chi connectivity index (χ3n) is 3.49. The van der Waals surface area contributed by atoms with Gasteiger partial charge in [0, 0.05) is 7.05 Å². The van der Waals surface area contributed by atoms with E-state index in [-0.39, 0.29) is 15.8 Å². The highest BCUT2D eigenvalue weighted by Crippen LogP contribution is 2.22. The molecule has 3 rings (SSSR count). The number of hydrogen-bond donors (Lipinski definition) is 2. The zero-order valence-corrected chi connectivity index (χ0v) is 12.9. The summed E-state index contributed by atoms with van der Waals surface area (Å²) >= 11 is 0. The molecule has 0 saturated carbocycles. The minimum atomic E-state index is -3.82. The maximum Gasteiger partial charge on any atom is 0.326 e. The minimum absolute atomic E-state index is 0.0334. The Morgan fingerprint density at radius 2 is 1.65 bits per heavy atom. The van der Waals surface area contributed by atoms with Gasteiger partial charge in [-0.1, -0.05) is 18.2 Å². The van der Waals surface area contributed by atoms with Crippen LogP contribution >= 0.6 is 0 Å². The van der Waals surface area contributed by atoms with E-state index in [0.717, 1.165) is 4.31 Å². The SMILES string of the molecule is CN(c1ccccc1)S(=O)(=O)c1ccc2[nH]c(=O)[nH]c(=O)c2c1. The van der Waals surface area contributed by atoms with Crippen LogP contribution in [-0.4, -0.2) is 25.4 Å². The Labute approximate surface area is 131 Å². The van der Waals surface area contributed by atoms with Crippen LogP contribution in [0, 0.1) is 0 Å². The fourth-order valence-corrected chi connectivity index (χ4v) is 3.46. The average Bonchev–Trinajstić information content (AvgIpc) is 2.54. The molecular weight excluding hydrogens is 318 g/mol. The van der Waals surface area contributed by atoms with E-state index in [1.807, 2.05) is 0 Å². The van der Waals surface area contributed by atoms with Crippen molar-refractivity contribution in [2.45, 2.75) is 4.90 Å². The Morgan fingerprint density at radius 3 is 2.35 bits per heavy atom. The highest BCUT2D eigenvalue weighted by atomic mass is 32.2. The van der Waals surface area contributed by atoms with Gasteiger partial charge in [-0.2, -0.15) is 0 Å². The number of nitrogens with one attached hydrogen (secondary N) is 2. The van der Waals surface area contributed by atoms with Crippen molar-refractivity contribution in [3.63, 3.8) is 0 Å². The molecule has 0 atom stereocenters. The molecule has 23 heavy (non-hydrogen) atoms. The highest BCUT2D eigenvalue weighted by molar-refractivity contribution is 7.92. The maximum absolute atomic E-state index is 12.7. The van der Waals surface area contributed by atoms with Crippen molar-refractivity contribution in [3.8, 4) is 0 Å². The second-order valence-electron chi connectivity index (χ2n) is 4.92. The van der Waals surface area contributed by atoms with E-state index < -0.39 is 21.3 Å². The van der Waals surface area contributed by atoms with Crippen LogP contribution < -0.4 is 15.6 Å². The molecule has 0 spiro atoms. The van der Waals surface area contributed by atoms with Gasteiger partial charge in [-0.15, -0.1) is 0 Å². The summed E-state index contributed by atoms with van der Waals surface area (Å²) in [7, 11) is -2.39. The predicted molar refractivity (Wildman–Crippen MR) is 87.2 cm³/mol. The highest BCUT2D eigenvalue weighted by Gasteiger charge is 2.22. The number of rotatable bonds is 3. The number of aromatic amines is 2. The molecule has 0 aliphatic heterocycles. The summed E-state index contributed by atoms with van der Waals surface area (Å²) in [5.41, 5.74) is -0.495. The lowest BCUT2D eigenvalue weighted by atomic mass is 10.2. The van der Waals surface area contributed by atoms with Crippen LogP contribution in [0.2, 0.25) is 0 Å². The zero-order valence-electron chi connectivity index (χ0n) is 12.1. The number of para-hydroxylation sites is 1. The van der Waals surface area contributed by atoms with Crippen LogP contribution in [-0.2, 0) is 10.0 Å². The van der Waals surface area contributed by atoms with Crippen LogP contribution in [0.3, 0.4) is 0 Å². The molecule has 0 saturated heterocycles. The predicted octanol–water partition coefficient (Wildman–Crippen LogP) is 1.04. The van der Waals surface area contributed by atoms with Gasteiger partial charge in [0.1, 0.15) is 0 Å². The van der Waals surface area contributed by atoms with E-state index in [1.165, 1.54) is 25.2 Å². The second-order valence-corrected chi connectivity index (χ2v) is 6.89. The van der Waals surface area contributed by atoms with E-state index in [2.05, 4.69) is 9.97 Å². The van der Waals surface area contributed by atoms with Crippen LogP contribution in [0.25, 0.3) is 10.9 Å². The van der Waals surface area contributed by atoms with Crippen LogP contribution in [0.4, 0.5) is 5.69 Å². The third kappa shape index (κ3) is 2.64. The first-order valence-corrected chi connectivity index (χ1v) is 8.14. The van der Waals surface area contributed by atoms with Gasteiger partial charge >= 0.3 is 5.69 Å². The van der Waals surface area contributed by atoms with Crippen molar-refractivity contribution < 1.29 is 8.42 Å². The number of H-pyrrole nitrogens is 2. The van der Waals surface area contributed by atoms with Crippen molar-refractivity contribution in [2.75, 3.05) is 11.4 Å². The summed E-state index contributed by atoms with van der Waals surface area (Å²) in [5.74, 6) is 0. The molecule has 1 aromatic heterocycles. The lowest BCUT2D eigenvalue weighted by Gasteiger charge is -2.19. The van der Waals surface area contributed by atoms with Crippen LogP contribution in [0.15, 0.2) is 63.0 Å². The summed E-state index contributed by atoms with van der Waals surface area (Å²) < 4.78 is 26.5. The third-order valence-corrected chi connectivity index (χ3v) is 5.27. The van der Waals surface area contributed by atoms with Gasteiger partial charge in [-0.25, -0.2) is 13.2 Å². The first kappa shape index (κ1) is 15.0. The zero-order chi connectivity index (χ0) is 16.6. The summed E-state index contributed by atoms with van der Waals surface area (Å²) in [5, 5.41) is 0.104. The van der Waals surface area contributed by atoms with Gasteiger partial charge in [0.05, 0.1) is 21.5 Å². The Bertz CT molecular complexity index is 1080. The average molecular weight is 331 g/mol. The Morgan fingerprint density at radius 1 is 0.957 bits per heavy atom. The number of benzene rings is 2. The van der Waals surface area contributed by atoms with E-state index in [0.29, 0.717) is 5.69 Å². The molecule has 0 unspecified atom stereocenters. The fraction of sp³-hybridized carbons (Fsp3) is 0.0667. The Balaban J connectivity index is 2.16. The number of aromatic nitrogens is 2. The summed E-state index contributed by atoms with van der Waals surface area (Å²) in [6, 6.07) is 12.6. The van der Waals surface area contributed by atoms with Crippen molar-refractivity contribution in [3.05, 3.63) is 69.4 Å². The minimum Gasteiger partial charge on any atom is -0.307 e. The van der Waals surface area contributed by atoms with Gasteiger partial charge in [-0.05, 0) is 30.3 Å². The van der Waals surface area contributed by atoms with Crippen molar-refractivity contribution in [1.82, 2.24) is 9.97 Å². The largest absolute Gasteiger partial charge is 0.326 e. The number of anilines is 1. The summed E-state index contributed by atoms with van der Waals surface area (Å²) in [4.78, 5) is 27.6. The van der Waals surface area contributed by atoms with Crippen molar-refractivity contribution in [1.29, 1.82) is 0 Å². The normalized spacial score (nSPS) is 11.5. The molecule has 2 aromatic carbocycles. The van der Waals surface area contributed by atoms with Gasteiger partial charge in [-0.3, -0.25) is 14.1 Å². The van der Waals surface area contributed by atoms with Crippen LogP contribution in [0.1, 0.15) is 0 Å². The van der Waals surface area contributed by atoms with Crippen molar-refractivity contribution in [2.24, 2.45) is 0 Å². The molecule has 0 bridgehead atoms. The quantitative estimate of drug-likeness (QED) is 0.748. The van der Waals surface area contributed by atoms with E-state index in [1.54, 1.807) is 30.3 Å². The molecule has 1 heterocycles. The first-order chi connectivity index (χ1) is 10.9. The molecule has 0 radical (unpaired) electrons. The number of sulfonamides is 1. The first-order valence-electron chi connectivity index (χ1n) is 6.70. The fourth-order valence-electron chi connectivity index (χ4n) is 2.24. The van der Waals surface area contributed by atoms with E-state index in [4.69, 9.17) is 0 Å². The topological polar surface area (TPSA) is 103 Å². The Hall–Kier alpha value is -2.87. The maximum atomic E-state index is 12.7. The van der Waals surface area contributed by atoms with Gasteiger partial charge in [0.25, 0.3) is 15.6 Å². The molecule has 8 heteroatoms. The lowest BCUT2D eigenvalue weighted by molar-refractivity contribution is 0.594. The smallest absolute Gasteiger partial charge is 0.307 e. The standard InChI is InChI=1S/C15H13N3O4S/c1-18(10-5-3-2-4-6-10)23(21,22)11-7-8-13-12(9-11)14(19)17-15(20)16-13/h2-9H,1H3,(H2,16,17,19,20). The van der Waals surface area contributed by atoms with E-state index in [9.17, 15) is 18.0 Å². The molecule has 7 nitrogen and oxygen atoms in total. The molecule has 0 fully saturated rings. The number of hydrogen-bond acceptors (Lipinski definition) is 4. The second kappa shape index (κ2) is 5.40. The number of nitrogens with zero attached hydrogens (tertiary/aromatic N) is 1. The summed E-state index contributed by atoms with van der Waals surface area (Å²) in [6.07, 6.45) is 0. The molecule has 0 aliphatic carbocycles. The van der Waals surface area contributed by atoms with Crippen LogP contribution in [0.5, 0.6) is 0 Å². The van der Waals surface area contributed by atoms with Gasteiger partial charge < -0.3 is 4.98 Å². The molecule has 118 valence electrons. The Kier molecular flexibility index (Phi) is 3.53. The van der Waals surface area contributed by atoms with Gasteiger partial charge in [0.2, 0.25) is 0 Å². The molecule has 0 amide bonds. The molecule has 0 aliphatic rings. The molecular formula is C15H13N3O4S. The lowest BCUT2D eigenvalue weighted by Crippen LogP contribution is -2.27. The number of fused-ring (bicyclic) bond motifs is 1. The van der Waals surface area contributed by atoms with Gasteiger partial charge in [0.15, 0.2) is 0 Å². The van der Waals surface area contributed by atoms with E-state index >= 15 is 0 Å². The summed E-state index contributed by atoms with van der Waals surface area (Å²) in [6.45, 7) is 0. The molecule has 3 aromatic rings. The molecule has 2 N–H and O–H groups in total. The monoisotopic (exact) mass is 331 g/mol.